The summed E-state index contributed by atoms with van der Waals surface area (Å²) in [5, 5.41) is 34.4. The number of aryl methyl sites for hydroxylation is 1. The van der Waals surface area contributed by atoms with Gasteiger partial charge in [-0.2, -0.15) is 0 Å². The molecule has 1 aromatic rings. The Labute approximate surface area is 211 Å². The number of ether oxygens (including phenoxy) is 2. The molecule has 0 unspecified atom stereocenters. The summed E-state index contributed by atoms with van der Waals surface area (Å²) in [6.07, 6.45) is 1.20. The van der Waals surface area contributed by atoms with Crippen LogP contribution in [0.3, 0.4) is 0 Å². The number of thiazole rings is 1. The second-order valence-electron chi connectivity index (χ2n) is 10.6. The number of esters is 1. The van der Waals surface area contributed by atoms with Crippen molar-refractivity contribution < 1.29 is 34.4 Å². The lowest BCUT2D eigenvalue weighted by Gasteiger charge is -2.34. The van der Waals surface area contributed by atoms with Crippen molar-refractivity contribution in [1.82, 2.24) is 4.98 Å². The van der Waals surface area contributed by atoms with E-state index in [2.05, 4.69) is 4.98 Å². The molecule has 2 fully saturated rings. The van der Waals surface area contributed by atoms with Crippen molar-refractivity contribution in [2.45, 2.75) is 97.2 Å². The van der Waals surface area contributed by atoms with Crippen molar-refractivity contribution in [1.29, 1.82) is 0 Å². The fraction of sp³-hybridized carbons (Fsp3) is 0.731. The Morgan fingerprint density at radius 3 is 2.57 bits per heavy atom. The van der Waals surface area contributed by atoms with E-state index in [4.69, 9.17) is 9.47 Å². The maximum absolute atomic E-state index is 13.2. The standard InChI is InChI=1S/C26H39NO7S/c1-14-7-6-8-19-21(33-19)10-20(17(12-28)9-18-13-35-16(3)27-18)34-23(30)11-22(29)26(4,5)25(32)15(2)24(14)31/h9,13-15,19-22,24,28-29,31H,6-8,10-12H2,1-5H3/b17-9+/t14-,15+,19+,20-,21-,22-,24-/m0/s1. The van der Waals surface area contributed by atoms with Gasteiger partial charge in [-0.15, -0.1) is 11.3 Å². The molecule has 0 aliphatic carbocycles. The van der Waals surface area contributed by atoms with E-state index in [0.29, 0.717) is 17.7 Å². The first-order chi connectivity index (χ1) is 16.4. The minimum atomic E-state index is -1.28. The fourth-order valence-electron chi connectivity index (χ4n) is 4.83. The number of rotatable bonds is 3. The Morgan fingerprint density at radius 1 is 1.23 bits per heavy atom. The van der Waals surface area contributed by atoms with Crippen LogP contribution in [0.25, 0.3) is 6.08 Å². The molecule has 0 aromatic carbocycles. The molecule has 2 saturated heterocycles. The zero-order valence-electron chi connectivity index (χ0n) is 21.3. The number of Topliss-reactive ketones (excluding diaryl/α,β-unsaturated/α-hetero) is 1. The monoisotopic (exact) mass is 509 g/mol. The molecule has 7 atom stereocenters. The number of ketones is 1. The van der Waals surface area contributed by atoms with E-state index in [1.54, 1.807) is 26.8 Å². The van der Waals surface area contributed by atoms with Crippen molar-refractivity contribution in [2.24, 2.45) is 17.3 Å². The molecule has 3 N–H and O–H groups in total. The second-order valence-corrected chi connectivity index (χ2v) is 11.7. The van der Waals surface area contributed by atoms with Crippen LogP contribution >= 0.6 is 11.3 Å². The third kappa shape index (κ3) is 6.98. The number of hydrogen-bond donors (Lipinski definition) is 3. The van der Waals surface area contributed by atoms with E-state index in [1.807, 2.05) is 19.2 Å². The predicted molar refractivity (Wildman–Crippen MR) is 133 cm³/mol. The molecule has 0 bridgehead atoms. The maximum atomic E-state index is 13.2. The molecule has 35 heavy (non-hydrogen) atoms. The van der Waals surface area contributed by atoms with E-state index in [9.17, 15) is 24.9 Å². The fourth-order valence-corrected chi connectivity index (χ4v) is 5.40. The summed E-state index contributed by atoms with van der Waals surface area (Å²) in [7, 11) is 0. The summed E-state index contributed by atoms with van der Waals surface area (Å²) in [5.41, 5.74) is -0.0556. The summed E-state index contributed by atoms with van der Waals surface area (Å²) in [4.78, 5) is 30.5. The zero-order chi connectivity index (χ0) is 25.9. The number of fused-ring (bicyclic) bond motifs is 1. The molecular weight excluding hydrogens is 470 g/mol. The van der Waals surface area contributed by atoms with Crippen LogP contribution in [0.1, 0.15) is 70.5 Å². The highest BCUT2D eigenvalue weighted by Gasteiger charge is 2.44. The Morgan fingerprint density at radius 2 is 1.94 bits per heavy atom. The number of cyclic esters (lactones) is 1. The van der Waals surface area contributed by atoms with Crippen molar-refractivity contribution in [3.8, 4) is 0 Å². The first-order valence-corrected chi connectivity index (χ1v) is 13.3. The molecule has 0 radical (unpaired) electrons. The molecule has 2 aliphatic rings. The van der Waals surface area contributed by atoms with E-state index >= 15 is 0 Å². The van der Waals surface area contributed by atoms with Crippen molar-refractivity contribution in [3.05, 3.63) is 21.7 Å². The number of aliphatic hydroxyl groups excluding tert-OH is 3. The third-order valence-electron chi connectivity index (χ3n) is 7.46. The van der Waals surface area contributed by atoms with Gasteiger partial charge in [-0.1, -0.05) is 34.1 Å². The molecule has 2 aliphatic heterocycles. The number of epoxide rings is 1. The van der Waals surface area contributed by atoms with Crippen LogP contribution in [0.2, 0.25) is 0 Å². The molecule has 0 spiro atoms. The van der Waals surface area contributed by atoms with Crippen LogP contribution in [0, 0.1) is 24.2 Å². The SMILES string of the molecule is Cc1nc(/C=C(\CO)[C@@H]2C[C@@H]3O[C@@H]3CCC[C@H](C)[C@H](O)[C@@H](C)C(=O)C(C)(C)[C@@H](O)CC(=O)O2)cs1. The number of hydrogen-bond acceptors (Lipinski definition) is 9. The zero-order valence-corrected chi connectivity index (χ0v) is 22.1. The van der Waals surface area contributed by atoms with Gasteiger partial charge in [-0.3, -0.25) is 9.59 Å². The lowest BCUT2D eigenvalue weighted by atomic mass is 9.73. The van der Waals surface area contributed by atoms with Gasteiger partial charge in [-0.25, -0.2) is 4.98 Å². The lowest BCUT2D eigenvalue weighted by Crippen LogP contribution is -2.45. The van der Waals surface area contributed by atoms with Gasteiger partial charge >= 0.3 is 5.97 Å². The van der Waals surface area contributed by atoms with Crippen LogP contribution in [0.4, 0.5) is 0 Å². The number of carbonyl (C=O) groups excluding carboxylic acids is 2. The Kier molecular flexibility index (Phi) is 9.26. The summed E-state index contributed by atoms with van der Waals surface area (Å²) in [6.45, 7) is 8.36. The molecule has 8 nitrogen and oxygen atoms in total. The average Bonchev–Trinajstić information content (AvgIpc) is 3.41. The largest absolute Gasteiger partial charge is 0.458 e. The minimum absolute atomic E-state index is 0.0264. The van der Waals surface area contributed by atoms with Crippen LogP contribution in [0.5, 0.6) is 0 Å². The molecule has 9 heteroatoms. The molecule has 0 saturated carbocycles. The highest BCUT2D eigenvalue weighted by atomic mass is 32.1. The van der Waals surface area contributed by atoms with Gasteiger partial charge in [0.1, 0.15) is 11.9 Å². The van der Waals surface area contributed by atoms with Crippen molar-refractivity contribution >= 4 is 29.2 Å². The van der Waals surface area contributed by atoms with E-state index < -0.39 is 35.6 Å². The van der Waals surface area contributed by atoms with Gasteiger partial charge < -0.3 is 24.8 Å². The smallest absolute Gasteiger partial charge is 0.309 e. The van der Waals surface area contributed by atoms with Gasteiger partial charge in [0.15, 0.2) is 0 Å². The number of aromatic nitrogens is 1. The van der Waals surface area contributed by atoms with Gasteiger partial charge in [0.2, 0.25) is 0 Å². The van der Waals surface area contributed by atoms with Crippen LogP contribution in [-0.2, 0) is 19.1 Å². The summed E-state index contributed by atoms with van der Waals surface area (Å²) in [5.74, 6) is -1.72. The van der Waals surface area contributed by atoms with Gasteiger partial charge in [0.05, 0.1) is 53.6 Å². The predicted octanol–water partition coefficient (Wildman–Crippen LogP) is 3.06. The van der Waals surface area contributed by atoms with E-state index in [-0.39, 0.29) is 36.9 Å². The Hall–Kier alpha value is -1.65. The van der Waals surface area contributed by atoms with E-state index in [0.717, 1.165) is 24.3 Å². The van der Waals surface area contributed by atoms with Crippen molar-refractivity contribution in [2.75, 3.05) is 6.61 Å². The third-order valence-corrected chi connectivity index (χ3v) is 8.25. The Bertz CT molecular complexity index is 927. The molecule has 0 amide bonds. The summed E-state index contributed by atoms with van der Waals surface area (Å²) in [6, 6.07) is 0. The highest BCUT2D eigenvalue weighted by Crippen LogP contribution is 2.36. The van der Waals surface area contributed by atoms with Crippen LogP contribution in [-0.4, -0.2) is 69.2 Å². The summed E-state index contributed by atoms with van der Waals surface area (Å²) >= 11 is 1.49. The highest BCUT2D eigenvalue weighted by molar-refractivity contribution is 7.09. The first kappa shape index (κ1) is 27.9. The lowest BCUT2D eigenvalue weighted by molar-refractivity contribution is -0.154. The van der Waals surface area contributed by atoms with Crippen LogP contribution < -0.4 is 0 Å². The van der Waals surface area contributed by atoms with Crippen LogP contribution in [0.15, 0.2) is 11.0 Å². The molecule has 3 rings (SSSR count). The summed E-state index contributed by atoms with van der Waals surface area (Å²) < 4.78 is 11.6. The number of aliphatic hydroxyl groups is 3. The normalized spacial score (nSPS) is 35.3. The van der Waals surface area contributed by atoms with E-state index in [1.165, 1.54) is 11.3 Å². The first-order valence-electron chi connectivity index (χ1n) is 12.4. The van der Waals surface area contributed by atoms with Gasteiger partial charge in [-0.05, 0) is 37.3 Å². The molecule has 3 heterocycles. The second kappa shape index (κ2) is 11.6. The number of nitrogens with zero attached hydrogens (tertiary/aromatic N) is 1. The van der Waals surface area contributed by atoms with Crippen molar-refractivity contribution in [3.63, 3.8) is 0 Å². The Balaban J connectivity index is 1.85. The molecule has 196 valence electrons. The quantitative estimate of drug-likeness (QED) is 0.419. The average molecular weight is 510 g/mol. The number of carbonyl (C=O) groups is 2. The topological polar surface area (TPSA) is 129 Å². The van der Waals surface area contributed by atoms with Gasteiger partial charge in [0, 0.05) is 17.7 Å². The minimum Gasteiger partial charge on any atom is -0.458 e. The van der Waals surface area contributed by atoms with Gasteiger partial charge in [0.25, 0.3) is 0 Å². The molecular formula is C26H39NO7S. The maximum Gasteiger partial charge on any atom is 0.309 e. The molecule has 1 aromatic heterocycles.